The molecule has 0 fully saturated rings. The van der Waals surface area contributed by atoms with Crippen LogP contribution in [-0.2, 0) is 66.8 Å². The Morgan fingerprint density at radius 2 is 0.810 bits per heavy atom. The normalized spacial score (nSPS) is 11.4. The summed E-state index contributed by atoms with van der Waals surface area (Å²) in [7, 11) is 0. The zero-order chi connectivity index (χ0) is 32.2. The average Bonchev–Trinajstić information content (AvgIpc) is 2.92. The second-order valence-corrected chi connectivity index (χ2v) is 8.72. The molecule has 16 heteroatoms. The van der Waals surface area contributed by atoms with Crippen LogP contribution in [0.1, 0.15) is 40.5 Å². The lowest BCUT2D eigenvalue weighted by atomic mass is 10.3. The molecule has 0 aliphatic rings. The molecular formula is C26H36N2O14. The summed E-state index contributed by atoms with van der Waals surface area (Å²) in [5, 5.41) is 4.95. The molecule has 2 atom stereocenters. The number of carbonyl (C=O) groups is 8. The van der Waals surface area contributed by atoms with Crippen LogP contribution in [0, 0.1) is 0 Å². The molecule has 234 valence electrons. The zero-order valence-corrected chi connectivity index (χ0v) is 23.9. The van der Waals surface area contributed by atoms with Gasteiger partial charge in [-0.1, -0.05) is 13.2 Å². The lowest BCUT2D eigenvalue weighted by Gasteiger charge is -2.14. The first-order valence-electron chi connectivity index (χ1n) is 12.5. The van der Waals surface area contributed by atoms with Gasteiger partial charge in [0, 0.05) is 11.1 Å². The molecule has 0 bridgehead atoms. The van der Waals surface area contributed by atoms with Crippen LogP contribution in [0.2, 0.25) is 0 Å². The molecule has 0 saturated heterocycles. The molecule has 2 unspecified atom stereocenters. The number of amides is 2. The van der Waals surface area contributed by atoms with Gasteiger partial charge in [-0.2, -0.15) is 0 Å². The van der Waals surface area contributed by atoms with E-state index in [-0.39, 0.29) is 24.2 Å². The molecule has 0 heterocycles. The monoisotopic (exact) mass is 600 g/mol. The fourth-order valence-corrected chi connectivity index (χ4v) is 2.36. The lowest BCUT2D eigenvalue weighted by molar-refractivity contribution is -0.168. The fraction of sp³-hybridized carbons (Fsp3) is 0.538. The molecule has 2 amide bonds. The van der Waals surface area contributed by atoms with Crippen LogP contribution in [0.3, 0.4) is 0 Å². The van der Waals surface area contributed by atoms with Crippen molar-refractivity contribution >= 4 is 47.6 Å². The number of esters is 6. The number of hydrogen-bond acceptors (Lipinski definition) is 14. The molecule has 0 aliphatic carbocycles. The Hall–Kier alpha value is -4.76. The highest BCUT2D eigenvalue weighted by Crippen LogP contribution is 1.99. The number of hydrogen-bond donors (Lipinski definition) is 2. The number of carbonyl (C=O) groups excluding carboxylic acids is 8. The molecule has 42 heavy (non-hydrogen) atoms. The Bertz CT molecular complexity index is 970. The molecule has 16 nitrogen and oxygen atoms in total. The van der Waals surface area contributed by atoms with Crippen molar-refractivity contribution in [2.75, 3.05) is 39.5 Å². The van der Waals surface area contributed by atoms with Gasteiger partial charge in [0.25, 0.3) is 0 Å². The molecule has 0 saturated carbocycles. The molecule has 2 N–H and O–H groups in total. The van der Waals surface area contributed by atoms with Crippen LogP contribution < -0.4 is 10.6 Å². The minimum absolute atomic E-state index is 0.0142. The topological polar surface area (TPSA) is 216 Å². The summed E-state index contributed by atoms with van der Waals surface area (Å²) < 4.78 is 28.3. The van der Waals surface area contributed by atoms with E-state index >= 15 is 0 Å². The van der Waals surface area contributed by atoms with E-state index in [1.807, 2.05) is 0 Å². The van der Waals surface area contributed by atoms with Crippen LogP contribution in [-0.4, -0.2) is 99.4 Å². The van der Waals surface area contributed by atoms with Gasteiger partial charge in [0.2, 0.25) is 11.8 Å². The van der Waals surface area contributed by atoms with Crippen molar-refractivity contribution in [3.8, 4) is 0 Å². The van der Waals surface area contributed by atoms with Gasteiger partial charge < -0.3 is 39.1 Å². The molecule has 0 aromatic heterocycles. The quantitative estimate of drug-likeness (QED) is 0.105. The van der Waals surface area contributed by atoms with Crippen molar-refractivity contribution in [2.45, 2.75) is 52.7 Å². The highest BCUT2D eigenvalue weighted by atomic mass is 16.6. The summed E-state index contributed by atoms with van der Waals surface area (Å²) in [6.45, 7) is 9.77. The second-order valence-electron chi connectivity index (χ2n) is 8.72. The summed E-state index contributed by atoms with van der Waals surface area (Å²) in [6, 6.07) is 0. The zero-order valence-electron chi connectivity index (χ0n) is 23.9. The Morgan fingerprint density at radius 1 is 0.524 bits per heavy atom. The molecule has 0 aliphatic heterocycles. The van der Waals surface area contributed by atoms with Crippen LogP contribution in [0.5, 0.6) is 0 Å². The van der Waals surface area contributed by atoms with E-state index in [1.54, 1.807) is 0 Å². The summed E-state index contributed by atoms with van der Waals surface area (Å²) in [5.41, 5.74) is 0.558. The standard InChI is InChI=1S/C26H36N2O14/c1-15(2)25(35)27-9-17(5)41-23(33)13-39-21(31)11-37-19(29)7-8-20(30)38-12-22(32)40-14-24(34)42-18(6)10-28-26(36)16(3)4/h17-18H,1,3,7-14H2,2,4-6H3,(H,27,35)(H,28,36). The minimum atomic E-state index is -1.06. The summed E-state index contributed by atoms with van der Waals surface area (Å²) in [4.78, 5) is 92.8. The maximum atomic E-state index is 11.7. The fourth-order valence-electron chi connectivity index (χ4n) is 2.36. The number of ether oxygens (including phenoxy) is 6. The summed E-state index contributed by atoms with van der Waals surface area (Å²) in [5.74, 6) is -6.66. The Morgan fingerprint density at radius 3 is 1.12 bits per heavy atom. The predicted octanol–water partition coefficient (Wildman–Crippen LogP) is -0.813. The molecular weight excluding hydrogens is 564 g/mol. The van der Waals surface area contributed by atoms with Gasteiger partial charge in [-0.3, -0.25) is 19.2 Å². The average molecular weight is 601 g/mol. The van der Waals surface area contributed by atoms with Gasteiger partial charge in [-0.05, 0) is 27.7 Å². The van der Waals surface area contributed by atoms with Crippen molar-refractivity contribution in [1.82, 2.24) is 10.6 Å². The molecule has 0 spiro atoms. The van der Waals surface area contributed by atoms with Gasteiger partial charge in [0.05, 0.1) is 25.9 Å². The first-order chi connectivity index (χ1) is 19.6. The first kappa shape index (κ1) is 37.2. The SMILES string of the molecule is C=C(C)C(=O)NCC(C)OC(=O)COC(=O)COC(=O)CCC(=O)OCC(=O)OCC(=O)OC(C)CNC(=O)C(=C)C. The maximum Gasteiger partial charge on any atom is 0.344 e. The van der Waals surface area contributed by atoms with Crippen molar-refractivity contribution in [3.63, 3.8) is 0 Å². The van der Waals surface area contributed by atoms with Crippen molar-refractivity contribution < 1.29 is 66.8 Å². The van der Waals surface area contributed by atoms with E-state index in [0.29, 0.717) is 0 Å². The van der Waals surface area contributed by atoms with E-state index in [1.165, 1.54) is 27.7 Å². The number of nitrogens with one attached hydrogen (secondary N) is 2. The highest BCUT2D eigenvalue weighted by Gasteiger charge is 2.18. The smallest absolute Gasteiger partial charge is 0.344 e. The third kappa shape index (κ3) is 19.3. The summed E-state index contributed by atoms with van der Waals surface area (Å²) in [6.07, 6.45) is -2.41. The number of rotatable bonds is 19. The van der Waals surface area contributed by atoms with Gasteiger partial charge in [0.1, 0.15) is 12.2 Å². The third-order valence-corrected chi connectivity index (χ3v) is 4.48. The van der Waals surface area contributed by atoms with Crippen molar-refractivity contribution in [3.05, 3.63) is 24.3 Å². The summed E-state index contributed by atoms with van der Waals surface area (Å²) >= 11 is 0. The van der Waals surface area contributed by atoms with E-state index < -0.39 is 99.1 Å². The maximum absolute atomic E-state index is 11.7. The highest BCUT2D eigenvalue weighted by molar-refractivity contribution is 5.92. The van der Waals surface area contributed by atoms with Crippen LogP contribution in [0.4, 0.5) is 0 Å². The molecule has 0 aromatic carbocycles. The first-order valence-corrected chi connectivity index (χ1v) is 12.5. The Labute approximate surface area is 242 Å². The van der Waals surface area contributed by atoms with E-state index in [9.17, 15) is 38.4 Å². The van der Waals surface area contributed by atoms with E-state index in [2.05, 4.69) is 42.7 Å². The molecule has 0 aromatic rings. The van der Waals surface area contributed by atoms with Gasteiger partial charge in [-0.15, -0.1) is 0 Å². The lowest BCUT2D eigenvalue weighted by Crippen LogP contribution is -2.34. The Balaban J connectivity index is 4.04. The molecule has 0 radical (unpaired) electrons. The predicted molar refractivity (Wildman–Crippen MR) is 140 cm³/mol. The largest absolute Gasteiger partial charge is 0.458 e. The Kier molecular flexibility index (Phi) is 17.9. The van der Waals surface area contributed by atoms with E-state index in [0.717, 1.165) is 0 Å². The van der Waals surface area contributed by atoms with Crippen LogP contribution in [0.15, 0.2) is 24.3 Å². The molecule has 0 rings (SSSR count). The van der Waals surface area contributed by atoms with Crippen LogP contribution >= 0.6 is 0 Å². The van der Waals surface area contributed by atoms with E-state index in [4.69, 9.17) is 9.47 Å². The van der Waals surface area contributed by atoms with Gasteiger partial charge in [-0.25, -0.2) is 19.2 Å². The van der Waals surface area contributed by atoms with Crippen molar-refractivity contribution in [2.24, 2.45) is 0 Å². The minimum Gasteiger partial charge on any atom is -0.458 e. The second kappa shape index (κ2) is 20.2. The van der Waals surface area contributed by atoms with Crippen molar-refractivity contribution in [1.29, 1.82) is 0 Å². The van der Waals surface area contributed by atoms with Gasteiger partial charge >= 0.3 is 35.8 Å². The van der Waals surface area contributed by atoms with Crippen LogP contribution in [0.25, 0.3) is 0 Å². The van der Waals surface area contributed by atoms with Gasteiger partial charge in [0.15, 0.2) is 26.4 Å². The third-order valence-electron chi connectivity index (χ3n) is 4.48.